The Balaban J connectivity index is 1.28. The molecule has 1 unspecified atom stereocenters. The van der Waals surface area contributed by atoms with E-state index in [0.29, 0.717) is 30.0 Å². The van der Waals surface area contributed by atoms with Gasteiger partial charge in [-0.3, -0.25) is 14.4 Å². The molecule has 6 rings (SSSR count). The Morgan fingerprint density at radius 3 is 2.56 bits per heavy atom. The lowest BCUT2D eigenvalue weighted by molar-refractivity contribution is -0.150. The van der Waals surface area contributed by atoms with E-state index in [4.69, 9.17) is 4.74 Å². The van der Waals surface area contributed by atoms with Crippen molar-refractivity contribution in [1.29, 1.82) is 0 Å². The van der Waals surface area contributed by atoms with Gasteiger partial charge in [-0.15, -0.1) is 0 Å². The molecule has 3 aliphatic rings. The van der Waals surface area contributed by atoms with Crippen LogP contribution >= 0.6 is 15.9 Å². The summed E-state index contributed by atoms with van der Waals surface area (Å²) in [5, 5.41) is 16.2. The Labute approximate surface area is 303 Å². The zero-order chi connectivity index (χ0) is 35.6. The summed E-state index contributed by atoms with van der Waals surface area (Å²) in [6.07, 6.45) is 1.06. The third kappa shape index (κ3) is 7.33. The molecular formula is C38H47BrN4O6Si. The normalized spacial score (nSPS) is 24.8. The molecule has 12 heteroatoms. The predicted molar refractivity (Wildman–Crippen MR) is 199 cm³/mol. The van der Waals surface area contributed by atoms with Crippen molar-refractivity contribution in [3.05, 3.63) is 94.0 Å². The Bertz CT molecular complexity index is 1710. The lowest BCUT2D eigenvalue weighted by Crippen LogP contribution is -2.46. The van der Waals surface area contributed by atoms with Crippen LogP contribution in [0.1, 0.15) is 42.9 Å². The molecule has 3 amide bonds. The van der Waals surface area contributed by atoms with Crippen LogP contribution in [0.5, 0.6) is 0 Å². The summed E-state index contributed by atoms with van der Waals surface area (Å²) in [6, 6.07) is 22.9. The second-order valence-electron chi connectivity index (χ2n) is 14.4. The summed E-state index contributed by atoms with van der Waals surface area (Å²) in [4.78, 5) is 56.8. The molecule has 3 aromatic carbocycles. The van der Waals surface area contributed by atoms with Crippen LogP contribution in [0.25, 0.3) is 0 Å². The van der Waals surface area contributed by atoms with Gasteiger partial charge in [0.2, 0.25) is 11.8 Å². The third-order valence-electron chi connectivity index (χ3n) is 10.5. The van der Waals surface area contributed by atoms with Gasteiger partial charge in [0.25, 0.3) is 5.91 Å². The maximum atomic E-state index is 14.9. The van der Waals surface area contributed by atoms with Crippen LogP contribution < -0.4 is 15.5 Å². The highest BCUT2D eigenvalue weighted by Crippen LogP contribution is 2.60. The standard InChI is InChI=1S/C38H47BrN4O6Si/c1-25-35(50(2,3)48)33(21-34(45)42(17-18-44)23-26-9-5-4-6-10-26)49-38(25)31-20-29(39)14-15-32(31)43(37(38)47)24-27-11-7-13-30(19-27)41-36(46)28-12-8-16-40-22-28/h4-7,9-11,13-15,19-20,25,28,33,35,40,44,48H,8,12,16-18,21-24H2,1-3H3,(H,41,46)/t25-,28?,33+,35-,38+/m1/s1. The van der Waals surface area contributed by atoms with Crippen LogP contribution in [0.15, 0.2) is 77.3 Å². The van der Waals surface area contributed by atoms with Crippen LogP contribution in [0, 0.1) is 11.8 Å². The largest absolute Gasteiger partial charge is 0.432 e. The molecule has 50 heavy (non-hydrogen) atoms. The monoisotopic (exact) mass is 762 g/mol. The molecule has 0 radical (unpaired) electrons. The highest BCUT2D eigenvalue weighted by Gasteiger charge is 2.66. The Morgan fingerprint density at radius 2 is 1.86 bits per heavy atom. The number of fused-ring (bicyclic) bond motifs is 2. The molecule has 0 saturated carbocycles. The zero-order valence-electron chi connectivity index (χ0n) is 28.9. The van der Waals surface area contributed by atoms with Gasteiger partial charge in [0, 0.05) is 46.8 Å². The maximum Gasteiger partial charge on any atom is 0.264 e. The van der Waals surface area contributed by atoms with Gasteiger partial charge in [-0.1, -0.05) is 65.3 Å². The molecule has 2 saturated heterocycles. The maximum absolute atomic E-state index is 14.9. The predicted octanol–water partition coefficient (Wildman–Crippen LogP) is 5.14. The number of halogens is 1. The first-order valence-electron chi connectivity index (χ1n) is 17.5. The van der Waals surface area contributed by atoms with E-state index in [2.05, 4.69) is 26.6 Å². The van der Waals surface area contributed by atoms with Gasteiger partial charge >= 0.3 is 0 Å². The van der Waals surface area contributed by atoms with Crippen molar-refractivity contribution in [2.45, 2.75) is 69.6 Å². The van der Waals surface area contributed by atoms with Crippen LogP contribution in [-0.2, 0) is 37.8 Å². The fourth-order valence-electron chi connectivity index (χ4n) is 8.17. The Hall–Kier alpha value is -3.39. The fourth-order valence-corrected chi connectivity index (χ4v) is 11.1. The highest BCUT2D eigenvalue weighted by atomic mass is 79.9. The van der Waals surface area contributed by atoms with Crippen molar-refractivity contribution in [2.75, 3.05) is 36.5 Å². The average molecular weight is 764 g/mol. The summed E-state index contributed by atoms with van der Waals surface area (Å²) in [6.45, 7) is 7.77. The molecule has 0 bridgehead atoms. The van der Waals surface area contributed by atoms with Crippen molar-refractivity contribution >= 4 is 53.3 Å². The number of nitrogens with one attached hydrogen (secondary N) is 2. The second-order valence-corrected chi connectivity index (χ2v) is 19.3. The number of nitrogens with zero attached hydrogens (tertiary/aromatic N) is 2. The van der Waals surface area contributed by atoms with Crippen molar-refractivity contribution < 1.29 is 29.0 Å². The second kappa shape index (κ2) is 15.1. The molecule has 266 valence electrons. The summed E-state index contributed by atoms with van der Waals surface area (Å²) in [7, 11) is -3.01. The number of rotatable bonds is 11. The number of hydrogen-bond donors (Lipinski definition) is 4. The van der Waals surface area contributed by atoms with Crippen molar-refractivity contribution in [3.63, 3.8) is 0 Å². The first-order valence-corrected chi connectivity index (χ1v) is 21.3. The van der Waals surface area contributed by atoms with Crippen LogP contribution in [0.4, 0.5) is 11.4 Å². The van der Waals surface area contributed by atoms with E-state index < -0.39 is 31.5 Å². The minimum absolute atomic E-state index is 0.0160. The smallest absolute Gasteiger partial charge is 0.264 e. The fraction of sp³-hybridized carbons (Fsp3) is 0.447. The number of carbonyl (C=O) groups excluding carboxylic acids is 3. The first kappa shape index (κ1) is 36.4. The van der Waals surface area contributed by atoms with E-state index in [9.17, 15) is 24.3 Å². The van der Waals surface area contributed by atoms with Crippen LogP contribution in [0.2, 0.25) is 18.6 Å². The van der Waals surface area contributed by atoms with Crippen LogP contribution in [0.3, 0.4) is 0 Å². The molecule has 4 N–H and O–H groups in total. The zero-order valence-corrected chi connectivity index (χ0v) is 31.5. The molecule has 0 aliphatic carbocycles. The van der Waals surface area contributed by atoms with Crippen molar-refractivity contribution in [3.8, 4) is 0 Å². The number of piperidine rings is 1. The van der Waals surface area contributed by atoms with E-state index in [1.54, 1.807) is 9.80 Å². The number of amides is 3. The van der Waals surface area contributed by atoms with Gasteiger partial charge in [-0.05, 0) is 73.9 Å². The minimum atomic E-state index is -3.01. The highest BCUT2D eigenvalue weighted by molar-refractivity contribution is 9.10. The van der Waals surface area contributed by atoms with Gasteiger partial charge in [0.15, 0.2) is 13.9 Å². The summed E-state index contributed by atoms with van der Waals surface area (Å²) >= 11 is 3.61. The Kier molecular flexibility index (Phi) is 11.0. The Morgan fingerprint density at radius 1 is 1.10 bits per heavy atom. The molecule has 1 spiro atoms. The van der Waals surface area contributed by atoms with E-state index in [-0.39, 0.29) is 49.8 Å². The molecule has 3 aliphatic heterocycles. The van der Waals surface area contributed by atoms with Crippen LogP contribution in [-0.4, -0.2) is 73.2 Å². The minimum Gasteiger partial charge on any atom is -0.432 e. The van der Waals surface area contributed by atoms with E-state index >= 15 is 0 Å². The van der Waals surface area contributed by atoms with Gasteiger partial charge < -0.3 is 35.1 Å². The number of ether oxygens (including phenoxy) is 1. The number of benzene rings is 3. The van der Waals surface area contributed by atoms with Gasteiger partial charge in [-0.25, -0.2) is 0 Å². The summed E-state index contributed by atoms with van der Waals surface area (Å²) in [5.74, 6) is -0.985. The SMILES string of the molecule is C[C@@H]1[C@@H]([Si](C)(C)O)[C@H](CC(=O)N(CCO)Cc2ccccc2)O[C@@]12C(=O)N(Cc1cccc(NC(=O)C3CCCNC3)c1)c1ccc(Br)cc12. The molecule has 3 heterocycles. The van der Waals surface area contributed by atoms with E-state index in [1.165, 1.54) is 0 Å². The van der Waals surface area contributed by atoms with Crippen molar-refractivity contribution in [1.82, 2.24) is 10.2 Å². The molecule has 0 aromatic heterocycles. The summed E-state index contributed by atoms with van der Waals surface area (Å²) in [5.41, 5.74) is 2.03. The molecule has 2 fully saturated rings. The van der Waals surface area contributed by atoms with Crippen molar-refractivity contribution in [2.24, 2.45) is 11.8 Å². The van der Waals surface area contributed by atoms with Gasteiger partial charge in [0.1, 0.15) is 0 Å². The molecule has 3 aromatic rings. The quantitative estimate of drug-likeness (QED) is 0.199. The lowest BCUT2D eigenvalue weighted by Gasteiger charge is -2.32. The number of carbonyl (C=O) groups is 3. The summed E-state index contributed by atoms with van der Waals surface area (Å²) < 4.78 is 7.69. The average Bonchev–Trinajstić information content (AvgIpc) is 3.51. The number of aliphatic hydroxyl groups is 1. The third-order valence-corrected chi connectivity index (χ3v) is 13.5. The van der Waals surface area contributed by atoms with E-state index in [1.807, 2.05) is 92.8 Å². The van der Waals surface area contributed by atoms with E-state index in [0.717, 1.165) is 35.0 Å². The lowest BCUT2D eigenvalue weighted by atomic mass is 9.82. The topological polar surface area (TPSA) is 131 Å². The number of anilines is 2. The molecule has 10 nitrogen and oxygen atoms in total. The first-order chi connectivity index (χ1) is 23.9. The number of aliphatic hydroxyl groups excluding tert-OH is 1. The molecular weight excluding hydrogens is 716 g/mol. The van der Waals surface area contributed by atoms with Gasteiger partial charge in [-0.2, -0.15) is 0 Å². The van der Waals surface area contributed by atoms with Gasteiger partial charge in [0.05, 0.1) is 37.3 Å². The number of hydrogen-bond acceptors (Lipinski definition) is 7. The molecule has 5 atom stereocenters.